The Bertz CT molecular complexity index is 782. The minimum Gasteiger partial charge on any atom is -0.394 e. The molecular weight excluding hydrogens is 315 g/mol. The van der Waals surface area contributed by atoms with Crippen LogP contribution >= 0.6 is 7.60 Å². The fourth-order valence-corrected chi connectivity index (χ4v) is 3.20. The van der Waals surface area contributed by atoms with Gasteiger partial charge in [0.1, 0.15) is 12.3 Å². The summed E-state index contributed by atoms with van der Waals surface area (Å²) < 4.78 is 23.6. The van der Waals surface area contributed by atoms with Crippen molar-refractivity contribution in [2.75, 3.05) is 13.3 Å². The van der Waals surface area contributed by atoms with Crippen molar-refractivity contribution in [3.05, 3.63) is 23.0 Å². The van der Waals surface area contributed by atoms with Gasteiger partial charge in [-0.3, -0.25) is 13.9 Å². The van der Waals surface area contributed by atoms with Crippen LogP contribution in [0.2, 0.25) is 0 Å². The van der Waals surface area contributed by atoms with Crippen LogP contribution < -0.4 is 5.56 Å². The summed E-state index contributed by atoms with van der Waals surface area (Å²) in [4.78, 5) is 31.4. The van der Waals surface area contributed by atoms with E-state index >= 15 is 0 Å². The van der Waals surface area contributed by atoms with Crippen molar-refractivity contribution in [2.24, 2.45) is 0 Å². The highest BCUT2D eigenvalue weighted by Gasteiger charge is 2.40. The van der Waals surface area contributed by atoms with Crippen molar-refractivity contribution in [2.45, 2.75) is 24.9 Å². The number of aliphatic hydroxyl groups is 1. The van der Waals surface area contributed by atoms with Gasteiger partial charge in [-0.25, -0.2) is 9.97 Å². The van der Waals surface area contributed by atoms with Gasteiger partial charge in [-0.15, -0.1) is 0 Å². The monoisotopic (exact) mass is 330 g/mol. The third-order valence-electron chi connectivity index (χ3n) is 3.37. The molecule has 4 atom stereocenters. The molecule has 10 nitrogen and oxygen atoms in total. The van der Waals surface area contributed by atoms with Gasteiger partial charge in [-0.05, 0) is 0 Å². The van der Waals surface area contributed by atoms with Crippen LogP contribution in [-0.4, -0.2) is 55.0 Å². The van der Waals surface area contributed by atoms with E-state index in [0.29, 0.717) is 5.65 Å². The van der Waals surface area contributed by atoms with Crippen molar-refractivity contribution in [1.29, 1.82) is 0 Å². The Balaban J connectivity index is 1.91. The van der Waals surface area contributed by atoms with E-state index in [2.05, 4.69) is 15.0 Å². The maximum atomic E-state index is 11.6. The molecule has 2 aromatic rings. The molecule has 0 amide bonds. The SMILES string of the molecule is CP(=O)(O)OC1C[C@H](n2cnc3c(=O)[nH]cnc32)O[C@@H]1CO. The van der Waals surface area contributed by atoms with Crippen molar-refractivity contribution < 1.29 is 23.8 Å². The van der Waals surface area contributed by atoms with Crippen molar-refractivity contribution >= 4 is 18.8 Å². The third kappa shape index (κ3) is 2.83. The number of aromatic nitrogens is 4. The van der Waals surface area contributed by atoms with Gasteiger partial charge in [-0.2, -0.15) is 0 Å². The zero-order chi connectivity index (χ0) is 15.9. The molecule has 1 aliphatic rings. The largest absolute Gasteiger partial charge is 0.394 e. The van der Waals surface area contributed by atoms with E-state index in [0.717, 1.165) is 6.66 Å². The van der Waals surface area contributed by atoms with Crippen molar-refractivity contribution in [3.63, 3.8) is 0 Å². The maximum Gasteiger partial charge on any atom is 0.325 e. The minimum absolute atomic E-state index is 0.166. The molecule has 1 saturated heterocycles. The lowest BCUT2D eigenvalue weighted by molar-refractivity contribution is -0.0402. The van der Waals surface area contributed by atoms with Crippen LogP contribution in [0.25, 0.3) is 11.2 Å². The molecule has 0 saturated carbocycles. The van der Waals surface area contributed by atoms with Gasteiger partial charge in [0.2, 0.25) is 0 Å². The first-order chi connectivity index (χ1) is 10.4. The number of aliphatic hydroxyl groups excluding tert-OH is 1. The zero-order valence-electron chi connectivity index (χ0n) is 11.6. The van der Waals surface area contributed by atoms with Crippen LogP contribution in [0.3, 0.4) is 0 Å². The molecule has 22 heavy (non-hydrogen) atoms. The second kappa shape index (κ2) is 5.56. The quantitative estimate of drug-likeness (QED) is 0.643. The highest BCUT2D eigenvalue weighted by Crippen LogP contribution is 2.44. The zero-order valence-corrected chi connectivity index (χ0v) is 12.5. The first-order valence-electron chi connectivity index (χ1n) is 6.54. The van der Waals surface area contributed by atoms with Gasteiger partial charge in [0, 0.05) is 13.1 Å². The molecule has 120 valence electrons. The van der Waals surface area contributed by atoms with Crippen LogP contribution in [0.5, 0.6) is 0 Å². The second-order valence-electron chi connectivity index (χ2n) is 5.05. The smallest absolute Gasteiger partial charge is 0.325 e. The summed E-state index contributed by atoms with van der Waals surface area (Å²) in [6, 6.07) is 0. The minimum atomic E-state index is -3.71. The summed E-state index contributed by atoms with van der Waals surface area (Å²) in [5.41, 5.74) is 0.121. The molecule has 2 aromatic heterocycles. The lowest BCUT2D eigenvalue weighted by atomic mass is 10.2. The highest BCUT2D eigenvalue weighted by atomic mass is 31.2. The van der Waals surface area contributed by atoms with Gasteiger partial charge < -0.3 is 24.2 Å². The fraction of sp³-hybridized carbons (Fsp3) is 0.545. The van der Waals surface area contributed by atoms with E-state index < -0.39 is 26.0 Å². The molecular formula is C11H15N4O6P. The summed E-state index contributed by atoms with van der Waals surface area (Å²) in [5, 5.41) is 9.33. The normalized spacial score (nSPS) is 28.0. The summed E-state index contributed by atoms with van der Waals surface area (Å²) >= 11 is 0. The van der Waals surface area contributed by atoms with E-state index in [1.807, 2.05) is 0 Å². The number of imidazole rings is 1. The fourth-order valence-electron chi connectivity index (χ4n) is 2.47. The standard InChI is InChI=1S/C11H15N4O6P/c1-22(18,19)21-6-2-8(20-7(6)3-16)15-5-14-9-10(15)12-4-13-11(9)17/h4-8,16H,2-3H2,1H3,(H,18,19)(H,12,13,17)/t6?,7-,8-/m1/s1. The number of nitrogens with one attached hydrogen (secondary N) is 1. The molecule has 3 heterocycles. The van der Waals surface area contributed by atoms with Crippen molar-refractivity contribution in [1.82, 2.24) is 19.5 Å². The van der Waals surface area contributed by atoms with Crippen LogP contribution in [0.1, 0.15) is 12.6 Å². The number of rotatable bonds is 4. The molecule has 0 spiro atoms. The topological polar surface area (TPSA) is 140 Å². The Kier molecular flexibility index (Phi) is 3.87. The highest BCUT2D eigenvalue weighted by molar-refractivity contribution is 7.51. The van der Waals surface area contributed by atoms with Crippen LogP contribution in [-0.2, 0) is 13.8 Å². The van der Waals surface area contributed by atoms with Gasteiger partial charge >= 0.3 is 7.60 Å². The van der Waals surface area contributed by atoms with Crippen LogP contribution in [0, 0.1) is 0 Å². The third-order valence-corrected chi connectivity index (χ3v) is 4.03. The number of H-pyrrole nitrogens is 1. The number of aromatic amines is 1. The summed E-state index contributed by atoms with van der Waals surface area (Å²) in [6.45, 7) is 0.713. The molecule has 1 aliphatic heterocycles. The molecule has 11 heteroatoms. The molecule has 0 bridgehead atoms. The Hall–Kier alpha value is -1.58. The average molecular weight is 330 g/mol. The van der Waals surface area contributed by atoms with Crippen molar-refractivity contribution in [3.8, 4) is 0 Å². The molecule has 3 N–H and O–H groups in total. The molecule has 0 aliphatic carbocycles. The molecule has 1 fully saturated rings. The summed E-state index contributed by atoms with van der Waals surface area (Å²) in [6.07, 6.45) is 0.791. The van der Waals surface area contributed by atoms with Gasteiger partial charge in [0.05, 0.1) is 25.4 Å². The predicted octanol–water partition coefficient (Wildman–Crippen LogP) is -0.400. The summed E-state index contributed by atoms with van der Waals surface area (Å²) in [5.74, 6) is 0. The number of fused-ring (bicyclic) bond motifs is 1. The van der Waals surface area contributed by atoms with E-state index in [9.17, 15) is 19.4 Å². The molecule has 0 radical (unpaired) electrons. The molecule has 2 unspecified atom stereocenters. The van der Waals surface area contributed by atoms with E-state index in [4.69, 9.17) is 9.26 Å². The predicted molar refractivity (Wildman–Crippen MR) is 74.4 cm³/mol. The Labute approximate surface area is 124 Å². The number of hydrogen-bond donors (Lipinski definition) is 3. The molecule has 3 rings (SSSR count). The number of hydrogen-bond acceptors (Lipinski definition) is 7. The van der Waals surface area contributed by atoms with Gasteiger partial charge in [0.15, 0.2) is 11.2 Å². The average Bonchev–Trinajstić information content (AvgIpc) is 3.01. The van der Waals surface area contributed by atoms with Crippen LogP contribution in [0.4, 0.5) is 0 Å². The Morgan fingerprint density at radius 3 is 3.05 bits per heavy atom. The van der Waals surface area contributed by atoms with E-state index in [1.165, 1.54) is 17.2 Å². The lowest BCUT2D eigenvalue weighted by Crippen LogP contribution is -2.26. The summed E-state index contributed by atoms with van der Waals surface area (Å²) in [7, 11) is -3.71. The first-order valence-corrected chi connectivity index (χ1v) is 8.56. The van der Waals surface area contributed by atoms with E-state index in [1.54, 1.807) is 0 Å². The Morgan fingerprint density at radius 2 is 2.36 bits per heavy atom. The first kappa shape index (κ1) is 15.3. The number of ether oxygens (including phenoxy) is 1. The maximum absolute atomic E-state index is 11.6. The van der Waals surface area contributed by atoms with Crippen LogP contribution in [0.15, 0.2) is 17.4 Å². The Morgan fingerprint density at radius 1 is 1.59 bits per heavy atom. The number of nitrogens with zero attached hydrogens (tertiary/aromatic N) is 3. The molecule has 0 aromatic carbocycles. The second-order valence-corrected chi connectivity index (χ2v) is 6.87. The van der Waals surface area contributed by atoms with Gasteiger partial charge in [-0.1, -0.05) is 0 Å². The van der Waals surface area contributed by atoms with Gasteiger partial charge in [0.25, 0.3) is 5.56 Å². The van der Waals surface area contributed by atoms with E-state index in [-0.39, 0.29) is 24.1 Å². The lowest BCUT2D eigenvalue weighted by Gasteiger charge is -2.17.